The van der Waals surface area contributed by atoms with Crippen LogP contribution in [0.15, 0.2) is 79.0 Å². The van der Waals surface area contributed by atoms with E-state index in [9.17, 15) is 10.1 Å². The van der Waals surface area contributed by atoms with Crippen molar-refractivity contribution in [3.63, 3.8) is 0 Å². The average Bonchev–Trinajstić information content (AvgIpc) is 3.07. The number of fused-ring (bicyclic) bond motifs is 1. The highest BCUT2D eigenvalue weighted by molar-refractivity contribution is 5.91. The molecular formula is C21H17N3O2. The van der Waals surface area contributed by atoms with Crippen LogP contribution in [0.2, 0.25) is 0 Å². The van der Waals surface area contributed by atoms with Crippen LogP contribution in [-0.4, -0.2) is 21.4 Å². The van der Waals surface area contributed by atoms with Crippen LogP contribution in [0.5, 0.6) is 0 Å². The zero-order valence-corrected chi connectivity index (χ0v) is 14.0. The van der Waals surface area contributed by atoms with Gasteiger partial charge in [-0.05, 0) is 23.8 Å². The molecule has 2 heterocycles. The van der Waals surface area contributed by atoms with E-state index in [2.05, 4.69) is 9.97 Å². The summed E-state index contributed by atoms with van der Waals surface area (Å²) in [5.74, 6) is -0.433. The van der Waals surface area contributed by atoms with Gasteiger partial charge in [0.2, 0.25) is 6.54 Å². The topological polar surface area (TPSA) is 71.8 Å². The summed E-state index contributed by atoms with van der Waals surface area (Å²) in [4.78, 5) is 19.0. The smallest absolute Gasteiger partial charge is 0.216 e. The molecule has 4 aromatic rings. The Labute approximate surface area is 150 Å². The molecule has 1 N–H and O–H groups in total. The number of para-hydroxylation sites is 1. The van der Waals surface area contributed by atoms with Gasteiger partial charge in [0.25, 0.3) is 0 Å². The maximum absolute atomic E-state index is 11.4. The lowest BCUT2D eigenvalue weighted by molar-refractivity contribution is -0.481. The second-order valence-corrected chi connectivity index (χ2v) is 6.15. The third kappa shape index (κ3) is 2.95. The molecule has 1 atom stereocenters. The molecule has 4 rings (SSSR count). The fraction of sp³-hybridized carbons (Fsp3) is 0.0952. The van der Waals surface area contributed by atoms with Crippen molar-refractivity contribution in [3.05, 3.63) is 100 Å². The number of nitrogens with zero attached hydrogens (tertiary/aromatic N) is 2. The van der Waals surface area contributed by atoms with E-state index < -0.39 is 5.92 Å². The van der Waals surface area contributed by atoms with Crippen molar-refractivity contribution in [1.29, 1.82) is 0 Å². The molecule has 0 aliphatic heterocycles. The molecule has 128 valence electrons. The molecule has 0 spiro atoms. The minimum absolute atomic E-state index is 0.210. The predicted molar refractivity (Wildman–Crippen MR) is 102 cm³/mol. The lowest BCUT2D eigenvalue weighted by Gasteiger charge is -2.15. The molecule has 0 amide bonds. The fourth-order valence-corrected chi connectivity index (χ4v) is 3.42. The number of aromatic amines is 1. The highest BCUT2D eigenvalue weighted by Crippen LogP contribution is 2.38. The molecule has 0 bridgehead atoms. The Morgan fingerprint density at radius 3 is 2.42 bits per heavy atom. The number of aromatic nitrogens is 2. The second-order valence-electron chi connectivity index (χ2n) is 6.15. The number of nitrogens with one attached hydrogen (secondary N) is 1. The van der Waals surface area contributed by atoms with Gasteiger partial charge in [-0.2, -0.15) is 0 Å². The van der Waals surface area contributed by atoms with Crippen LogP contribution in [0, 0.1) is 10.1 Å². The Morgan fingerprint density at radius 2 is 1.69 bits per heavy atom. The Kier molecular flexibility index (Phi) is 4.19. The minimum Gasteiger partial charge on any atom is -0.354 e. The number of rotatable bonds is 5. The third-order valence-corrected chi connectivity index (χ3v) is 4.53. The lowest BCUT2D eigenvalue weighted by Crippen LogP contribution is -2.15. The minimum atomic E-state index is -0.433. The second kappa shape index (κ2) is 6.80. The van der Waals surface area contributed by atoms with E-state index in [0.29, 0.717) is 5.69 Å². The number of H-pyrrole nitrogens is 1. The number of hydrogen-bond donors (Lipinski definition) is 1. The molecule has 1 unspecified atom stereocenters. The third-order valence-electron chi connectivity index (χ3n) is 4.53. The molecule has 5 nitrogen and oxygen atoms in total. The first-order valence-corrected chi connectivity index (χ1v) is 8.43. The normalized spacial score (nSPS) is 12.2. The summed E-state index contributed by atoms with van der Waals surface area (Å²) < 4.78 is 0. The van der Waals surface area contributed by atoms with Crippen LogP contribution in [0.3, 0.4) is 0 Å². The standard InChI is InChI=1S/C21H17N3O2/c25-24(26)14-17(18-11-6-7-13-22-18)20-16-10-4-5-12-19(16)23-21(20)15-8-2-1-3-9-15/h1-13,17,23H,14H2. The first-order valence-electron chi connectivity index (χ1n) is 8.43. The van der Waals surface area contributed by atoms with Crippen LogP contribution < -0.4 is 0 Å². The molecular weight excluding hydrogens is 326 g/mol. The number of hydrogen-bond acceptors (Lipinski definition) is 3. The zero-order chi connectivity index (χ0) is 17.9. The van der Waals surface area contributed by atoms with E-state index in [1.165, 1.54) is 0 Å². The van der Waals surface area contributed by atoms with E-state index in [-0.39, 0.29) is 11.5 Å². The van der Waals surface area contributed by atoms with Gasteiger partial charge >= 0.3 is 0 Å². The number of nitro groups is 1. The van der Waals surface area contributed by atoms with E-state index in [4.69, 9.17) is 0 Å². The van der Waals surface area contributed by atoms with Gasteiger partial charge in [0.15, 0.2) is 0 Å². The molecule has 2 aromatic carbocycles. The summed E-state index contributed by atoms with van der Waals surface area (Å²) in [5.41, 5.74) is 4.49. The highest BCUT2D eigenvalue weighted by Gasteiger charge is 2.28. The van der Waals surface area contributed by atoms with Crippen LogP contribution >= 0.6 is 0 Å². The van der Waals surface area contributed by atoms with Crippen molar-refractivity contribution in [2.45, 2.75) is 5.92 Å². The van der Waals surface area contributed by atoms with E-state index in [0.717, 1.165) is 27.7 Å². The first-order chi connectivity index (χ1) is 12.7. The molecule has 2 aromatic heterocycles. The quantitative estimate of drug-likeness (QED) is 0.424. The monoisotopic (exact) mass is 343 g/mol. The van der Waals surface area contributed by atoms with Gasteiger partial charge in [0.1, 0.15) is 0 Å². The van der Waals surface area contributed by atoms with Gasteiger partial charge in [-0.1, -0.05) is 54.6 Å². The number of pyridine rings is 1. The van der Waals surface area contributed by atoms with Crippen molar-refractivity contribution in [2.75, 3.05) is 6.54 Å². The molecule has 5 heteroatoms. The van der Waals surface area contributed by atoms with Gasteiger partial charge in [0, 0.05) is 27.6 Å². The Bertz CT molecular complexity index is 1040. The molecule has 0 radical (unpaired) electrons. The predicted octanol–water partition coefficient (Wildman–Crippen LogP) is 4.64. The Hall–Kier alpha value is -3.47. The van der Waals surface area contributed by atoms with Gasteiger partial charge in [-0.3, -0.25) is 15.1 Å². The van der Waals surface area contributed by atoms with Gasteiger partial charge in [0.05, 0.1) is 17.3 Å². The van der Waals surface area contributed by atoms with Crippen molar-refractivity contribution >= 4 is 10.9 Å². The van der Waals surface area contributed by atoms with E-state index >= 15 is 0 Å². The van der Waals surface area contributed by atoms with Crippen LogP contribution in [0.4, 0.5) is 0 Å². The number of benzene rings is 2. The molecule has 0 saturated heterocycles. The maximum Gasteiger partial charge on any atom is 0.216 e. The molecule has 0 aliphatic carbocycles. The van der Waals surface area contributed by atoms with E-state index in [1.807, 2.05) is 72.8 Å². The van der Waals surface area contributed by atoms with Crippen molar-refractivity contribution in [3.8, 4) is 11.3 Å². The van der Waals surface area contributed by atoms with Gasteiger partial charge < -0.3 is 4.98 Å². The Morgan fingerprint density at radius 1 is 0.962 bits per heavy atom. The average molecular weight is 343 g/mol. The molecule has 0 saturated carbocycles. The van der Waals surface area contributed by atoms with Crippen molar-refractivity contribution in [2.24, 2.45) is 0 Å². The summed E-state index contributed by atoms with van der Waals surface area (Å²) in [6.07, 6.45) is 1.68. The van der Waals surface area contributed by atoms with Crippen molar-refractivity contribution in [1.82, 2.24) is 9.97 Å². The lowest BCUT2D eigenvalue weighted by atomic mass is 9.90. The molecule has 26 heavy (non-hydrogen) atoms. The summed E-state index contributed by atoms with van der Waals surface area (Å²) in [5, 5.41) is 12.4. The zero-order valence-electron chi connectivity index (χ0n) is 14.0. The Balaban J connectivity index is 1.99. The SMILES string of the molecule is O=[N+]([O-])CC(c1ccccn1)c1c(-c2ccccc2)[nH]c2ccccc12. The van der Waals surface area contributed by atoms with Crippen LogP contribution in [0.1, 0.15) is 17.2 Å². The summed E-state index contributed by atoms with van der Waals surface area (Å²) in [6.45, 7) is -0.210. The molecule has 0 aliphatic rings. The first kappa shape index (κ1) is 16.0. The van der Waals surface area contributed by atoms with Crippen molar-refractivity contribution < 1.29 is 4.92 Å². The largest absolute Gasteiger partial charge is 0.354 e. The summed E-state index contributed by atoms with van der Waals surface area (Å²) in [6, 6.07) is 23.4. The van der Waals surface area contributed by atoms with Gasteiger partial charge in [-0.25, -0.2) is 0 Å². The maximum atomic E-state index is 11.4. The summed E-state index contributed by atoms with van der Waals surface area (Å²) >= 11 is 0. The van der Waals surface area contributed by atoms with Gasteiger partial charge in [-0.15, -0.1) is 0 Å². The summed E-state index contributed by atoms with van der Waals surface area (Å²) in [7, 11) is 0. The van der Waals surface area contributed by atoms with E-state index in [1.54, 1.807) is 6.20 Å². The molecule has 0 fully saturated rings. The highest BCUT2D eigenvalue weighted by atomic mass is 16.6. The van der Waals surface area contributed by atoms with Crippen LogP contribution in [0.25, 0.3) is 22.2 Å². The van der Waals surface area contributed by atoms with Crippen LogP contribution in [-0.2, 0) is 0 Å². The fourth-order valence-electron chi connectivity index (χ4n) is 3.42.